The van der Waals surface area contributed by atoms with Gasteiger partial charge in [0.2, 0.25) is 6.10 Å². The average molecular weight is 439 g/mol. The Morgan fingerprint density at radius 2 is 1.94 bits per heavy atom. The minimum atomic E-state index is -0.774. The van der Waals surface area contributed by atoms with Crippen molar-refractivity contribution in [1.82, 2.24) is 10.7 Å². The summed E-state index contributed by atoms with van der Waals surface area (Å²) in [6.45, 7) is 1.32. The summed E-state index contributed by atoms with van der Waals surface area (Å²) in [6.07, 6.45) is 2.84. The van der Waals surface area contributed by atoms with E-state index in [1.807, 2.05) is 12.1 Å². The molecule has 0 radical (unpaired) electrons. The highest BCUT2D eigenvalue weighted by Crippen LogP contribution is 2.30. The molecule has 0 saturated carbocycles. The topological polar surface area (TPSA) is 107 Å². The van der Waals surface area contributed by atoms with E-state index in [9.17, 15) is 9.59 Å². The van der Waals surface area contributed by atoms with E-state index in [2.05, 4.69) is 15.8 Å². The molecule has 2 aliphatic heterocycles. The van der Waals surface area contributed by atoms with Crippen LogP contribution in [0, 0.1) is 0 Å². The molecule has 1 saturated heterocycles. The number of nitrogens with zero attached hydrogens (tertiary/aromatic N) is 1. The lowest BCUT2D eigenvalue weighted by Gasteiger charge is -2.24. The van der Waals surface area contributed by atoms with Crippen molar-refractivity contribution in [2.24, 2.45) is 5.10 Å². The van der Waals surface area contributed by atoms with Gasteiger partial charge in [-0.2, -0.15) is 5.10 Å². The first kappa shape index (κ1) is 21.6. The zero-order valence-corrected chi connectivity index (χ0v) is 17.5. The third kappa shape index (κ3) is 5.98. The van der Waals surface area contributed by atoms with Gasteiger partial charge in [-0.1, -0.05) is 12.1 Å². The molecule has 0 aromatic heterocycles. The predicted molar refractivity (Wildman–Crippen MR) is 116 cm³/mol. The average Bonchev–Trinajstić information content (AvgIpc) is 3.35. The minimum Gasteiger partial charge on any atom is -0.485 e. The third-order valence-electron chi connectivity index (χ3n) is 4.99. The highest BCUT2D eigenvalue weighted by molar-refractivity contribution is 5.85. The van der Waals surface area contributed by atoms with Gasteiger partial charge in [-0.3, -0.25) is 9.59 Å². The molecule has 0 bridgehead atoms. The lowest BCUT2D eigenvalue weighted by atomic mass is 10.2. The van der Waals surface area contributed by atoms with Gasteiger partial charge in [0.1, 0.15) is 12.4 Å². The summed E-state index contributed by atoms with van der Waals surface area (Å²) in [5.74, 6) is 1.11. The fraction of sp³-hybridized carbons (Fsp3) is 0.348. The number of carbonyl (C=O) groups excluding carboxylic acids is 2. The molecule has 2 aromatic rings. The second-order valence-corrected chi connectivity index (χ2v) is 7.40. The van der Waals surface area contributed by atoms with Crippen LogP contribution in [-0.2, 0) is 14.3 Å². The molecule has 0 aliphatic carbocycles. The monoisotopic (exact) mass is 439 g/mol. The number of fused-ring (bicyclic) bond motifs is 1. The van der Waals surface area contributed by atoms with Gasteiger partial charge in [0, 0.05) is 13.2 Å². The van der Waals surface area contributed by atoms with Crippen molar-refractivity contribution >= 4 is 18.0 Å². The maximum absolute atomic E-state index is 12.2. The normalized spacial score (nSPS) is 19.5. The molecular weight excluding hydrogens is 414 g/mol. The predicted octanol–water partition coefficient (Wildman–Crippen LogP) is 1.65. The van der Waals surface area contributed by atoms with Crippen LogP contribution in [-0.4, -0.2) is 56.6 Å². The fourth-order valence-electron chi connectivity index (χ4n) is 3.27. The van der Waals surface area contributed by atoms with Crippen LogP contribution in [0.2, 0.25) is 0 Å². The summed E-state index contributed by atoms with van der Waals surface area (Å²) in [5, 5.41) is 6.77. The summed E-state index contributed by atoms with van der Waals surface area (Å²) >= 11 is 0. The molecule has 168 valence electrons. The lowest BCUT2D eigenvalue weighted by molar-refractivity contribution is -0.130. The standard InChI is InChI=1S/C23H25N3O6/c27-22(24-13-18-4-3-11-29-18)15-30-17-9-7-16(8-10-17)12-25-26-23(28)21-14-31-19-5-1-2-6-20(19)32-21/h1-2,5-10,12,18,21H,3-4,11,13-15H2,(H,24,27)(H,26,28)/b25-12-/t18-,21+/m0/s1. The molecule has 2 amide bonds. The molecule has 0 spiro atoms. The first-order valence-corrected chi connectivity index (χ1v) is 10.5. The molecule has 2 aliphatic rings. The Morgan fingerprint density at radius 3 is 2.72 bits per heavy atom. The molecular formula is C23H25N3O6. The maximum Gasteiger partial charge on any atom is 0.284 e. The Bertz CT molecular complexity index is 956. The van der Waals surface area contributed by atoms with Gasteiger partial charge >= 0.3 is 0 Å². The van der Waals surface area contributed by atoms with Crippen molar-refractivity contribution in [3.8, 4) is 17.2 Å². The number of para-hydroxylation sites is 2. The second kappa shape index (κ2) is 10.6. The van der Waals surface area contributed by atoms with Gasteiger partial charge in [-0.15, -0.1) is 0 Å². The number of rotatable bonds is 8. The van der Waals surface area contributed by atoms with Crippen molar-refractivity contribution in [3.05, 3.63) is 54.1 Å². The Morgan fingerprint density at radius 1 is 1.12 bits per heavy atom. The number of hydrogen-bond acceptors (Lipinski definition) is 7. The van der Waals surface area contributed by atoms with Crippen molar-refractivity contribution in [1.29, 1.82) is 0 Å². The van der Waals surface area contributed by atoms with E-state index in [1.165, 1.54) is 6.21 Å². The molecule has 4 rings (SSSR count). The van der Waals surface area contributed by atoms with Crippen LogP contribution in [0.25, 0.3) is 0 Å². The fourth-order valence-corrected chi connectivity index (χ4v) is 3.27. The zero-order valence-electron chi connectivity index (χ0n) is 17.5. The number of carbonyl (C=O) groups is 2. The van der Waals surface area contributed by atoms with Crippen LogP contribution in [0.5, 0.6) is 17.2 Å². The van der Waals surface area contributed by atoms with E-state index in [0.29, 0.717) is 23.8 Å². The van der Waals surface area contributed by atoms with E-state index in [4.69, 9.17) is 18.9 Å². The molecule has 9 nitrogen and oxygen atoms in total. The SMILES string of the molecule is O=C(COc1ccc(/C=N\NC(=O)[C@H]2COc3ccccc3O2)cc1)NC[C@@H]1CCCO1. The van der Waals surface area contributed by atoms with Gasteiger partial charge in [-0.05, 0) is 54.8 Å². The molecule has 32 heavy (non-hydrogen) atoms. The van der Waals surface area contributed by atoms with Crippen LogP contribution in [0.3, 0.4) is 0 Å². The van der Waals surface area contributed by atoms with Gasteiger partial charge in [0.25, 0.3) is 11.8 Å². The lowest BCUT2D eigenvalue weighted by Crippen LogP contribution is -2.42. The van der Waals surface area contributed by atoms with Crippen molar-refractivity contribution in [2.45, 2.75) is 25.0 Å². The highest BCUT2D eigenvalue weighted by Gasteiger charge is 2.27. The molecule has 1 fully saturated rings. The maximum atomic E-state index is 12.2. The van der Waals surface area contributed by atoms with Gasteiger partial charge in [0.15, 0.2) is 18.1 Å². The largest absolute Gasteiger partial charge is 0.485 e. The Hall–Kier alpha value is -3.59. The van der Waals surface area contributed by atoms with Gasteiger partial charge < -0.3 is 24.3 Å². The van der Waals surface area contributed by atoms with Crippen molar-refractivity contribution in [3.63, 3.8) is 0 Å². The van der Waals surface area contributed by atoms with E-state index in [1.54, 1.807) is 36.4 Å². The Kier molecular flexibility index (Phi) is 7.19. The number of nitrogens with one attached hydrogen (secondary N) is 2. The molecule has 2 N–H and O–H groups in total. The van der Waals surface area contributed by atoms with Crippen LogP contribution in [0.15, 0.2) is 53.6 Å². The van der Waals surface area contributed by atoms with Gasteiger partial charge in [0.05, 0.1) is 12.3 Å². The summed E-state index contributed by atoms with van der Waals surface area (Å²) in [7, 11) is 0. The number of hydrazone groups is 1. The number of hydrogen-bond donors (Lipinski definition) is 2. The van der Waals surface area contributed by atoms with Crippen molar-refractivity contribution in [2.75, 3.05) is 26.4 Å². The third-order valence-corrected chi connectivity index (χ3v) is 4.99. The number of amides is 2. The molecule has 2 heterocycles. The molecule has 9 heteroatoms. The molecule has 2 aromatic carbocycles. The van der Waals surface area contributed by atoms with E-state index >= 15 is 0 Å². The highest BCUT2D eigenvalue weighted by atomic mass is 16.6. The van der Waals surface area contributed by atoms with Crippen LogP contribution < -0.4 is 25.0 Å². The van der Waals surface area contributed by atoms with Crippen LogP contribution in [0.4, 0.5) is 0 Å². The summed E-state index contributed by atoms with van der Waals surface area (Å²) in [5.41, 5.74) is 3.21. The van der Waals surface area contributed by atoms with Crippen LogP contribution in [0.1, 0.15) is 18.4 Å². The van der Waals surface area contributed by atoms with E-state index < -0.39 is 12.0 Å². The Balaban J connectivity index is 1.18. The summed E-state index contributed by atoms with van der Waals surface area (Å²) < 4.78 is 22.1. The summed E-state index contributed by atoms with van der Waals surface area (Å²) in [6, 6.07) is 14.2. The number of ether oxygens (including phenoxy) is 4. The van der Waals surface area contributed by atoms with Gasteiger partial charge in [-0.25, -0.2) is 5.43 Å². The smallest absolute Gasteiger partial charge is 0.284 e. The van der Waals surface area contributed by atoms with E-state index in [-0.39, 0.29) is 25.2 Å². The van der Waals surface area contributed by atoms with Crippen molar-refractivity contribution < 1.29 is 28.5 Å². The first-order valence-electron chi connectivity index (χ1n) is 10.5. The first-order chi connectivity index (χ1) is 15.7. The minimum absolute atomic E-state index is 0.0667. The van der Waals surface area contributed by atoms with E-state index in [0.717, 1.165) is 25.0 Å². The zero-order chi connectivity index (χ0) is 22.2. The number of benzene rings is 2. The quantitative estimate of drug-likeness (QED) is 0.478. The molecule has 2 atom stereocenters. The Labute approximate surface area is 185 Å². The molecule has 0 unspecified atom stereocenters. The summed E-state index contributed by atoms with van der Waals surface area (Å²) in [4.78, 5) is 24.1. The second-order valence-electron chi connectivity index (χ2n) is 7.40. The van der Waals surface area contributed by atoms with Crippen LogP contribution >= 0.6 is 0 Å².